The molecule has 1 N–H and O–H groups in total. The van der Waals surface area contributed by atoms with Crippen molar-refractivity contribution in [2.75, 3.05) is 13.2 Å². The number of hydrogen-bond donors (Lipinski definition) is 1. The first-order valence-corrected chi connectivity index (χ1v) is 12.9. The van der Waals surface area contributed by atoms with E-state index in [4.69, 9.17) is 9.47 Å². The molecule has 2 aromatic carbocycles. The summed E-state index contributed by atoms with van der Waals surface area (Å²) in [7, 11) is 0. The molecule has 13 nitrogen and oxygen atoms in total. The van der Waals surface area contributed by atoms with Crippen LogP contribution < -0.4 is 19.6 Å². The number of carbonyl (C=O) groups is 1. The first kappa shape index (κ1) is 28.2. The molecule has 1 aliphatic rings. The van der Waals surface area contributed by atoms with Gasteiger partial charge in [0.15, 0.2) is 10.6 Å². The molecular weight excluding hydrogens is 544 g/mol. The van der Waals surface area contributed by atoms with Crippen LogP contribution in [-0.2, 0) is 9.53 Å². The van der Waals surface area contributed by atoms with Gasteiger partial charge in [-0.3, -0.25) is 29.6 Å². The Labute approximate surface area is 230 Å². The Morgan fingerprint density at radius 2 is 1.82 bits per heavy atom. The minimum atomic E-state index is -1.08. The number of ether oxygens (including phenoxy) is 2. The summed E-state index contributed by atoms with van der Waals surface area (Å²) in [5, 5.41) is 33.4. The quantitative estimate of drug-likeness (QED) is 0.243. The van der Waals surface area contributed by atoms with E-state index >= 15 is 0 Å². The lowest BCUT2D eigenvalue weighted by Gasteiger charge is -2.24. The number of nitro groups is 2. The Kier molecular flexibility index (Phi) is 7.81. The van der Waals surface area contributed by atoms with Crippen LogP contribution in [-0.4, -0.2) is 38.7 Å². The van der Waals surface area contributed by atoms with Gasteiger partial charge in [-0.15, -0.1) is 0 Å². The van der Waals surface area contributed by atoms with Crippen LogP contribution in [0.5, 0.6) is 11.5 Å². The Morgan fingerprint density at radius 3 is 2.45 bits per heavy atom. The maximum Gasteiger partial charge on any atom is 0.338 e. The number of fused-ring (bicyclic) bond motifs is 1. The summed E-state index contributed by atoms with van der Waals surface area (Å²) in [5.41, 5.74) is -0.120. The van der Waals surface area contributed by atoms with E-state index < -0.39 is 38.9 Å². The van der Waals surface area contributed by atoms with Crippen molar-refractivity contribution in [3.05, 3.63) is 98.2 Å². The Bertz CT molecular complexity index is 1770. The van der Waals surface area contributed by atoms with Crippen molar-refractivity contribution in [2.45, 2.75) is 33.7 Å². The lowest BCUT2D eigenvalue weighted by molar-refractivity contribution is -0.386. The van der Waals surface area contributed by atoms with Crippen LogP contribution in [0.25, 0.3) is 6.08 Å². The SMILES string of the molecule is CCOC(=O)C1=C(C)N=c2s/c(=C/c3cc(OCC)c(O)c([N+](=O)[O-])c3)c(=O)n2[C@@H]1c1ccc(C)c([N+](=O)[O-])c1. The molecule has 4 rings (SSSR count). The number of nitrogens with zero attached hydrogens (tertiary/aromatic N) is 4. The Morgan fingerprint density at radius 1 is 1.12 bits per heavy atom. The van der Waals surface area contributed by atoms with Crippen LogP contribution in [0.2, 0.25) is 0 Å². The first-order valence-electron chi connectivity index (χ1n) is 12.1. The van der Waals surface area contributed by atoms with Gasteiger partial charge in [0.1, 0.15) is 0 Å². The lowest BCUT2D eigenvalue weighted by atomic mass is 9.94. The van der Waals surface area contributed by atoms with E-state index in [2.05, 4.69) is 4.99 Å². The maximum absolute atomic E-state index is 13.8. The van der Waals surface area contributed by atoms with Gasteiger partial charge >= 0.3 is 11.7 Å². The molecule has 0 amide bonds. The number of esters is 1. The normalized spacial score (nSPS) is 14.9. The van der Waals surface area contributed by atoms with E-state index in [-0.39, 0.29) is 50.8 Å². The predicted octanol–water partition coefficient (Wildman–Crippen LogP) is 3.03. The molecule has 0 fully saturated rings. The third-order valence-corrected chi connectivity index (χ3v) is 7.12. The number of nitro benzene ring substituents is 2. The second-order valence-corrected chi connectivity index (χ2v) is 9.69. The highest BCUT2D eigenvalue weighted by atomic mass is 32.1. The van der Waals surface area contributed by atoms with Crippen molar-refractivity contribution >= 4 is 34.8 Å². The number of phenolic OH excluding ortho intramolecular Hbond substituents is 1. The second-order valence-electron chi connectivity index (χ2n) is 8.68. The fourth-order valence-electron chi connectivity index (χ4n) is 4.35. The van der Waals surface area contributed by atoms with Crippen LogP contribution in [0.4, 0.5) is 11.4 Å². The van der Waals surface area contributed by atoms with Crippen LogP contribution >= 0.6 is 11.3 Å². The number of allylic oxidation sites excluding steroid dienone is 1. The molecule has 0 saturated heterocycles. The van der Waals surface area contributed by atoms with Gasteiger partial charge in [-0.25, -0.2) is 9.79 Å². The molecular formula is C26H24N4O9S. The highest BCUT2D eigenvalue weighted by Gasteiger charge is 2.34. The summed E-state index contributed by atoms with van der Waals surface area (Å²) in [6.45, 7) is 6.62. The van der Waals surface area contributed by atoms with Gasteiger partial charge in [0, 0.05) is 17.7 Å². The molecule has 0 aliphatic carbocycles. The highest BCUT2D eigenvalue weighted by molar-refractivity contribution is 7.07. The average Bonchev–Trinajstić information content (AvgIpc) is 3.19. The molecule has 0 radical (unpaired) electrons. The van der Waals surface area contributed by atoms with E-state index in [9.17, 15) is 34.9 Å². The zero-order valence-electron chi connectivity index (χ0n) is 21.9. The summed E-state index contributed by atoms with van der Waals surface area (Å²) in [6.07, 6.45) is 1.39. The molecule has 0 unspecified atom stereocenters. The third kappa shape index (κ3) is 5.08. The number of phenols is 1. The standard InChI is InChI=1S/C26H24N4O9S/c1-5-38-19-10-15(9-18(23(19)31)30(36)37)11-20-24(32)28-22(16-8-7-13(3)17(12-16)29(34)35)21(25(33)39-6-2)14(4)27-26(28)40-20/h7-12,22,31H,5-6H2,1-4H3/b20-11+/t22-/m1/s1. The Hall–Kier alpha value is -4.85. The van der Waals surface area contributed by atoms with Crippen LogP contribution in [0.1, 0.15) is 43.5 Å². The smallest absolute Gasteiger partial charge is 0.338 e. The summed E-state index contributed by atoms with van der Waals surface area (Å²) in [5.74, 6) is -1.48. The first-order chi connectivity index (χ1) is 19.0. The van der Waals surface area contributed by atoms with E-state index in [1.165, 1.54) is 28.8 Å². The number of aromatic hydroxyl groups is 1. The second kappa shape index (κ2) is 11.1. The van der Waals surface area contributed by atoms with Crippen molar-refractivity contribution in [2.24, 2.45) is 4.99 Å². The number of rotatable bonds is 8. The molecule has 2 heterocycles. The lowest BCUT2D eigenvalue weighted by Crippen LogP contribution is -2.40. The number of aromatic nitrogens is 1. The average molecular weight is 569 g/mol. The van der Waals surface area contributed by atoms with Gasteiger partial charge in [0.05, 0.1) is 44.9 Å². The van der Waals surface area contributed by atoms with Crippen molar-refractivity contribution in [3.63, 3.8) is 0 Å². The number of hydrogen-bond acceptors (Lipinski definition) is 11. The number of carbonyl (C=O) groups excluding carboxylic acids is 1. The zero-order valence-corrected chi connectivity index (χ0v) is 22.7. The zero-order chi connectivity index (χ0) is 29.3. The van der Waals surface area contributed by atoms with Crippen LogP contribution in [0.15, 0.2) is 51.4 Å². The fraction of sp³-hybridized carbons (Fsp3) is 0.269. The summed E-state index contributed by atoms with van der Waals surface area (Å²) in [4.78, 5) is 53.3. The van der Waals surface area contributed by atoms with Gasteiger partial charge < -0.3 is 14.6 Å². The molecule has 0 bridgehead atoms. The van der Waals surface area contributed by atoms with Gasteiger partial charge in [-0.1, -0.05) is 23.5 Å². The Balaban J connectivity index is 1.99. The van der Waals surface area contributed by atoms with E-state index in [0.717, 1.165) is 17.4 Å². The molecule has 14 heteroatoms. The van der Waals surface area contributed by atoms with E-state index in [1.54, 1.807) is 33.8 Å². The van der Waals surface area contributed by atoms with Crippen molar-refractivity contribution in [1.29, 1.82) is 0 Å². The predicted molar refractivity (Wildman–Crippen MR) is 144 cm³/mol. The van der Waals surface area contributed by atoms with Crippen molar-refractivity contribution in [1.82, 2.24) is 4.57 Å². The van der Waals surface area contributed by atoms with Crippen LogP contribution in [0.3, 0.4) is 0 Å². The molecule has 1 aromatic heterocycles. The van der Waals surface area contributed by atoms with Gasteiger partial charge in [-0.05, 0) is 51.0 Å². The fourth-order valence-corrected chi connectivity index (χ4v) is 5.40. The molecule has 0 saturated carbocycles. The maximum atomic E-state index is 13.8. The van der Waals surface area contributed by atoms with Crippen molar-refractivity contribution < 1.29 is 29.2 Å². The topological polar surface area (TPSA) is 176 Å². The number of benzene rings is 2. The highest BCUT2D eigenvalue weighted by Crippen LogP contribution is 2.37. The largest absolute Gasteiger partial charge is 0.500 e. The molecule has 1 aliphatic heterocycles. The summed E-state index contributed by atoms with van der Waals surface area (Å²) < 4.78 is 11.9. The molecule has 1 atom stereocenters. The molecule has 40 heavy (non-hydrogen) atoms. The molecule has 208 valence electrons. The minimum absolute atomic E-state index is 0.0536. The minimum Gasteiger partial charge on any atom is -0.500 e. The van der Waals surface area contributed by atoms with Crippen molar-refractivity contribution in [3.8, 4) is 11.5 Å². The van der Waals surface area contributed by atoms with E-state index in [0.29, 0.717) is 11.1 Å². The number of aryl methyl sites for hydroxylation is 1. The van der Waals surface area contributed by atoms with Crippen LogP contribution in [0, 0.1) is 27.2 Å². The number of thiazole rings is 1. The van der Waals surface area contributed by atoms with E-state index in [1.807, 2.05) is 0 Å². The van der Waals surface area contributed by atoms with Gasteiger partial charge in [0.2, 0.25) is 5.75 Å². The summed E-state index contributed by atoms with van der Waals surface area (Å²) >= 11 is 0.972. The third-order valence-electron chi connectivity index (χ3n) is 6.13. The molecule has 0 spiro atoms. The summed E-state index contributed by atoms with van der Waals surface area (Å²) in [6, 6.07) is 5.83. The van der Waals surface area contributed by atoms with Gasteiger partial charge in [0.25, 0.3) is 11.2 Å². The molecule has 3 aromatic rings. The van der Waals surface area contributed by atoms with Gasteiger partial charge in [-0.2, -0.15) is 0 Å². The monoisotopic (exact) mass is 568 g/mol.